The van der Waals surface area contributed by atoms with E-state index in [-0.39, 0.29) is 6.42 Å². The number of aliphatic carboxylic acids is 1. The van der Waals surface area contributed by atoms with E-state index in [1.165, 1.54) is 6.07 Å². The molecule has 0 aromatic heterocycles. The van der Waals surface area contributed by atoms with Crippen molar-refractivity contribution in [2.45, 2.75) is 57.5 Å². The second kappa shape index (κ2) is 9.97. The molecule has 1 unspecified atom stereocenters. The monoisotopic (exact) mass is 342 g/mol. The average molecular weight is 342 g/mol. The molecule has 0 bridgehead atoms. The van der Waals surface area contributed by atoms with E-state index >= 15 is 0 Å². The van der Waals surface area contributed by atoms with Gasteiger partial charge >= 0.3 is 5.97 Å². The highest BCUT2D eigenvalue weighted by Crippen LogP contribution is 2.12. The molecule has 24 heavy (non-hydrogen) atoms. The van der Waals surface area contributed by atoms with Crippen molar-refractivity contribution in [2.24, 2.45) is 5.73 Å². The van der Waals surface area contributed by atoms with E-state index in [0.717, 1.165) is 25.0 Å². The highest BCUT2D eigenvalue weighted by molar-refractivity contribution is 5.86. The topological polar surface area (TPSA) is 92.4 Å². The Hall–Kier alpha value is -2.02. The average Bonchev–Trinajstić information content (AvgIpc) is 2.54. The maximum atomic E-state index is 13.1. The fraction of sp³-hybridized carbons (Fsp3) is 0.529. The summed E-state index contributed by atoms with van der Waals surface area (Å²) in [7, 11) is 0. The van der Waals surface area contributed by atoms with Gasteiger partial charge in [0.1, 0.15) is 6.04 Å². The Labute approximate surface area is 140 Å². The molecule has 0 aliphatic rings. The number of carboxylic acids is 1. The number of nitrogens with one attached hydrogen (secondary N) is 1. The highest BCUT2D eigenvalue weighted by Gasteiger charge is 2.22. The second-order valence-electron chi connectivity index (χ2n) is 5.79. The maximum absolute atomic E-state index is 13.1. The van der Waals surface area contributed by atoms with Gasteiger partial charge in [0.25, 0.3) is 0 Å². The molecule has 0 aliphatic carbocycles. The number of hydrogen-bond donors (Lipinski definition) is 3. The van der Waals surface area contributed by atoms with Gasteiger partial charge in [0.2, 0.25) is 5.91 Å². The smallest absolute Gasteiger partial charge is 0.326 e. The normalized spacial score (nSPS) is 13.3. The first kappa shape index (κ1) is 20.0. The molecule has 1 aromatic rings. The first-order chi connectivity index (χ1) is 11.3. The van der Waals surface area contributed by atoms with Gasteiger partial charge in [-0.3, -0.25) is 4.79 Å². The van der Waals surface area contributed by atoms with Crippen molar-refractivity contribution < 1.29 is 23.5 Å². The third kappa shape index (κ3) is 6.62. The molecule has 0 spiro atoms. The number of benzene rings is 1. The van der Waals surface area contributed by atoms with Crippen LogP contribution in [-0.2, 0) is 16.0 Å². The summed E-state index contributed by atoms with van der Waals surface area (Å²) < 4.78 is 26.0. The summed E-state index contributed by atoms with van der Waals surface area (Å²) in [6.07, 6.45) is 3.18. The third-order valence-electron chi connectivity index (χ3n) is 3.76. The van der Waals surface area contributed by atoms with E-state index in [0.29, 0.717) is 24.8 Å². The first-order valence-electron chi connectivity index (χ1n) is 8.07. The summed E-state index contributed by atoms with van der Waals surface area (Å²) in [6, 6.07) is 1.81. The SMILES string of the molecule is CCCC[C@H](N)C(=O)NC(CCCc1ccc(F)c(F)c1)C(=O)O. The van der Waals surface area contributed by atoms with Gasteiger partial charge < -0.3 is 16.2 Å². The quantitative estimate of drug-likeness (QED) is 0.609. The Morgan fingerprint density at radius 3 is 2.50 bits per heavy atom. The number of rotatable bonds is 10. The van der Waals surface area contributed by atoms with Crippen molar-refractivity contribution in [2.75, 3.05) is 0 Å². The number of carbonyl (C=O) groups is 2. The standard InChI is InChI=1S/C17H24F2N2O3/c1-2-3-6-14(20)16(22)21-15(17(23)24)7-4-5-11-8-9-12(18)13(19)10-11/h8-10,14-15H,2-7,20H2,1H3,(H,21,22)(H,23,24)/t14-,15?/m0/s1. The molecule has 0 saturated heterocycles. The molecule has 2 atom stereocenters. The van der Waals surface area contributed by atoms with Crippen molar-refractivity contribution in [1.29, 1.82) is 0 Å². The largest absolute Gasteiger partial charge is 0.480 e. The summed E-state index contributed by atoms with van der Waals surface area (Å²) in [6.45, 7) is 1.98. The zero-order valence-corrected chi connectivity index (χ0v) is 13.7. The van der Waals surface area contributed by atoms with Gasteiger partial charge in [0.05, 0.1) is 6.04 Å². The fourth-order valence-electron chi connectivity index (χ4n) is 2.30. The molecule has 0 radical (unpaired) electrons. The minimum absolute atomic E-state index is 0.181. The summed E-state index contributed by atoms with van der Waals surface area (Å²) in [5.41, 5.74) is 6.29. The Morgan fingerprint density at radius 1 is 1.21 bits per heavy atom. The predicted molar refractivity (Wildman–Crippen MR) is 86.4 cm³/mol. The van der Waals surface area contributed by atoms with Crippen molar-refractivity contribution >= 4 is 11.9 Å². The van der Waals surface area contributed by atoms with Gasteiger partial charge in [-0.1, -0.05) is 25.8 Å². The summed E-state index contributed by atoms with van der Waals surface area (Å²) in [5.74, 6) is -3.48. The van der Waals surface area contributed by atoms with E-state index in [2.05, 4.69) is 5.32 Å². The molecule has 0 aliphatic heterocycles. The number of halogens is 2. The van der Waals surface area contributed by atoms with Crippen LogP contribution in [0.1, 0.15) is 44.6 Å². The maximum Gasteiger partial charge on any atom is 0.326 e. The van der Waals surface area contributed by atoms with Crippen LogP contribution >= 0.6 is 0 Å². The minimum atomic E-state index is -1.14. The van der Waals surface area contributed by atoms with Gasteiger partial charge in [-0.25, -0.2) is 13.6 Å². The van der Waals surface area contributed by atoms with Gasteiger partial charge in [-0.05, 0) is 43.4 Å². The molecule has 7 heteroatoms. The number of amides is 1. The Kier molecular flexibility index (Phi) is 8.32. The zero-order valence-electron chi connectivity index (χ0n) is 13.7. The molecule has 0 saturated carbocycles. The van der Waals surface area contributed by atoms with Crippen LogP contribution in [0.3, 0.4) is 0 Å². The molecule has 134 valence electrons. The lowest BCUT2D eigenvalue weighted by atomic mass is 10.0. The highest BCUT2D eigenvalue weighted by atomic mass is 19.2. The van der Waals surface area contributed by atoms with Crippen LogP contribution < -0.4 is 11.1 Å². The number of hydrogen-bond acceptors (Lipinski definition) is 3. The van der Waals surface area contributed by atoms with Crippen molar-refractivity contribution in [3.63, 3.8) is 0 Å². The van der Waals surface area contributed by atoms with Crippen LogP contribution in [0, 0.1) is 11.6 Å². The van der Waals surface area contributed by atoms with Crippen LogP contribution in [0.4, 0.5) is 8.78 Å². The van der Waals surface area contributed by atoms with Gasteiger partial charge in [0.15, 0.2) is 11.6 Å². The fourth-order valence-corrected chi connectivity index (χ4v) is 2.30. The van der Waals surface area contributed by atoms with Crippen LogP contribution in [0.5, 0.6) is 0 Å². The van der Waals surface area contributed by atoms with Crippen molar-refractivity contribution in [3.05, 3.63) is 35.4 Å². The molecule has 4 N–H and O–H groups in total. The predicted octanol–water partition coefficient (Wildman–Crippen LogP) is 2.37. The lowest BCUT2D eigenvalue weighted by molar-refractivity contribution is -0.142. The second-order valence-corrected chi connectivity index (χ2v) is 5.79. The number of nitrogens with two attached hydrogens (primary N) is 1. The van der Waals surface area contributed by atoms with Crippen LogP contribution in [0.15, 0.2) is 18.2 Å². The first-order valence-corrected chi connectivity index (χ1v) is 8.07. The summed E-state index contributed by atoms with van der Waals surface area (Å²) >= 11 is 0. The van der Waals surface area contributed by atoms with Crippen LogP contribution in [-0.4, -0.2) is 29.1 Å². The van der Waals surface area contributed by atoms with Crippen molar-refractivity contribution in [1.82, 2.24) is 5.32 Å². The van der Waals surface area contributed by atoms with E-state index in [4.69, 9.17) is 5.73 Å². The molecule has 0 fully saturated rings. The lowest BCUT2D eigenvalue weighted by Gasteiger charge is -2.17. The summed E-state index contributed by atoms with van der Waals surface area (Å²) in [4.78, 5) is 23.1. The Morgan fingerprint density at radius 2 is 1.92 bits per heavy atom. The van der Waals surface area contributed by atoms with Gasteiger partial charge in [0, 0.05) is 0 Å². The zero-order chi connectivity index (χ0) is 18.1. The number of unbranched alkanes of at least 4 members (excludes halogenated alkanes) is 1. The van der Waals surface area contributed by atoms with Crippen LogP contribution in [0.2, 0.25) is 0 Å². The summed E-state index contributed by atoms with van der Waals surface area (Å²) in [5, 5.41) is 11.6. The number of aryl methyl sites for hydroxylation is 1. The molecular weight excluding hydrogens is 318 g/mol. The van der Waals surface area contributed by atoms with E-state index in [1.54, 1.807) is 0 Å². The Bertz CT molecular complexity index is 567. The molecule has 1 rings (SSSR count). The molecular formula is C17H24F2N2O3. The molecule has 1 aromatic carbocycles. The third-order valence-corrected chi connectivity index (χ3v) is 3.76. The molecule has 0 heterocycles. The number of carboxylic acid groups (broad SMARTS) is 1. The van der Waals surface area contributed by atoms with E-state index in [1.807, 2.05) is 6.92 Å². The van der Waals surface area contributed by atoms with Gasteiger partial charge in [-0.15, -0.1) is 0 Å². The molecule has 1 amide bonds. The number of carbonyl (C=O) groups excluding carboxylic acids is 1. The van der Waals surface area contributed by atoms with Crippen molar-refractivity contribution in [3.8, 4) is 0 Å². The van der Waals surface area contributed by atoms with Gasteiger partial charge in [-0.2, -0.15) is 0 Å². The van der Waals surface area contributed by atoms with E-state index in [9.17, 15) is 23.5 Å². The molecule has 5 nitrogen and oxygen atoms in total. The lowest BCUT2D eigenvalue weighted by Crippen LogP contribution is -2.48. The van der Waals surface area contributed by atoms with E-state index < -0.39 is 35.6 Å². The Balaban J connectivity index is 2.49. The minimum Gasteiger partial charge on any atom is -0.480 e. The van der Waals surface area contributed by atoms with Crippen LogP contribution in [0.25, 0.3) is 0 Å².